The van der Waals surface area contributed by atoms with Crippen molar-refractivity contribution in [3.63, 3.8) is 0 Å². The molecule has 0 aliphatic heterocycles. The van der Waals surface area contributed by atoms with E-state index in [4.69, 9.17) is 4.74 Å². The van der Waals surface area contributed by atoms with Gasteiger partial charge in [-0.05, 0) is 41.6 Å². The summed E-state index contributed by atoms with van der Waals surface area (Å²) in [7, 11) is 0. The van der Waals surface area contributed by atoms with E-state index >= 15 is 0 Å². The molecule has 0 unspecified atom stereocenters. The van der Waals surface area contributed by atoms with Crippen LogP contribution in [0, 0.1) is 6.92 Å². The Kier molecular flexibility index (Phi) is 5.07. The third kappa shape index (κ3) is 4.04. The number of nitrogens with one attached hydrogen (secondary N) is 1. The molecule has 140 valence electrons. The van der Waals surface area contributed by atoms with Gasteiger partial charge in [-0.15, -0.1) is 16.4 Å². The second kappa shape index (κ2) is 7.97. The number of carbonyl (C=O) groups is 1. The summed E-state index contributed by atoms with van der Waals surface area (Å²) < 4.78 is 6.85. The van der Waals surface area contributed by atoms with E-state index in [0.29, 0.717) is 16.9 Å². The number of tetrazole rings is 1. The van der Waals surface area contributed by atoms with Crippen LogP contribution in [0.1, 0.15) is 21.6 Å². The lowest BCUT2D eigenvalue weighted by Gasteiger charge is -2.08. The maximum absolute atomic E-state index is 12.5. The summed E-state index contributed by atoms with van der Waals surface area (Å²) in [5, 5.41) is 16.9. The van der Waals surface area contributed by atoms with Crippen molar-refractivity contribution in [2.75, 3.05) is 5.32 Å². The minimum atomic E-state index is -0.466. The van der Waals surface area contributed by atoms with Crippen molar-refractivity contribution in [2.24, 2.45) is 0 Å². The summed E-state index contributed by atoms with van der Waals surface area (Å²) in [4.78, 5) is 17.0. The summed E-state index contributed by atoms with van der Waals surface area (Å²) in [5.74, 6) is -0.466. The van der Waals surface area contributed by atoms with E-state index in [1.54, 1.807) is 24.3 Å². The summed E-state index contributed by atoms with van der Waals surface area (Å²) in [6, 6.07) is 15.0. The Bertz CT molecular complexity index is 1080. The number of carbonyl (C=O) groups excluding carboxylic acids is 1. The van der Waals surface area contributed by atoms with Crippen molar-refractivity contribution < 1.29 is 9.53 Å². The molecule has 0 aliphatic rings. The van der Waals surface area contributed by atoms with Crippen molar-refractivity contribution in [3.05, 3.63) is 77.1 Å². The first-order valence-corrected chi connectivity index (χ1v) is 9.34. The van der Waals surface area contributed by atoms with Crippen molar-refractivity contribution >= 4 is 28.1 Å². The number of anilines is 2. The number of thiazole rings is 1. The fraction of sp³-hybridized carbons (Fsp3) is 0.105. The van der Waals surface area contributed by atoms with E-state index in [-0.39, 0.29) is 6.61 Å². The molecule has 8 nitrogen and oxygen atoms in total. The molecule has 0 saturated carbocycles. The van der Waals surface area contributed by atoms with Gasteiger partial charge in [-0.3, -0.25) is 0 Å². The lowest BCUT2D eigenvalue weighted by atomic mass is 10.2. The minimum absolute atomic E-state index is 0.0782. The zero-order chi connectivity index (χ0) is 19.3. The fourth-order valence-corrected chi connectivity index (χ4v) is 3.24. The van der Waals surface area contributed by atoms with E-state index in [9.17, 15) is 4.79 Å². The lowest BCUT2D eigenvalue weighted by molar-refractivity contribution is 0.0468. The molecule has 0 amide bonds. The number of esters is 1. The van der Waals surface area contributed by atoms with Gasteiger partial charge in [0.1, 0.15) is 12.9 Å². The van der Waals surface area contributed by atoms with E-state index < -0.39 is 5.97 Å². The van der Waals surface area contributed by atoms with E-state index in [0.717, 1.165) is 10.8 Å². The molecule has 9 heteroatoms. The van der Waals surface area contributed by atoms with Crippen LogP contribution in [-0.2, 0) is 11.3 Å². The van der Waals surface area contributed by atoms with Gasteiger partial charge in [0.15, 0.2) is 5.13 Å². The molecule has 0 atom stereocenters. The SMILES string of the molecule is Cc1ccc(Nc2nc(COC(=O)c3ccccc3-n3cnnn3)cs2)cc1. The third-order valence-electron chi connectivity index (χ3n) is 3.93. The van der Waals surface area contributed by atoms with Crippen LogP contribution in [0.25, 0.3) is 5.69 Å². The van der Waals surface area contributed by atoms with E-state index in [1.807, 2.05) is 36.6 Å². The zero-order valence-corrected chi connectivity index (χ0v) is 15.8. The monoisotopic (exact) mass is 392 g/mol. The molecule has 0 bridgehead atoms. The molecular formula is C19H16N6O2S. The fourth-order valence-electron chi connectivity index (χ4n) is 2.53. The van der Waals surface area contributed by atoms with Gasteiger partial charge in [0.05, 0.1) is 16.9 Å². The summed E-state index contributed by atoms with van der Waals surface area (Å²) >= 11 is 1.45. The molecule has 1 N–H and O–H groups in total. The quantitative estimate of drug-likeness (QED) is 0.502. The Morgan fingerprint density at radius 2 is 2.00 bits per heavy atom. The van der Waals surface area contributed by atoms with Crippen LogP contribution in [0.2, 0.25) is 0 Å². The highest BCUT2D eigenvalue weighted by atomic mass is 32.1. The van der Waals surface area contributed by atoms with Gasteiger partial charge in [-0.2, -0.15) is 4.68 Å². The van der Waals surface area contributed by atoms with Crippen molar-refractivity contribution in [1.82, 2.24) is 25.2 Å². The Hall–Kier alpha value is -3.59. The van der Waals surface area contributed by atoms with Crippen LogP contribution in [-0.4, -0.2) is 31.2 Å². The van der Waals surface area contributed by atoms with Gasteiger partial charge in [-0.25, -0.2) is 9.78 Å². The second-order valence-electron chi connectivity index (χ2n) is 5.98. The topological polar surface area (TPSA) is 94.8 Å². The van der Waals surface area contributed by atoms with Gasteiger partial charge < -0.3 is 10.1 Å². The molecule has 0 aliphatic carbocycles. The van der Waals surface area contributed by atoms with Gasteiger partial charge in [0, 0.05) is 11.1 Å². The highest BCUT2D eigenvalue weighted by Gasteiger charge is 2.15. The molecule has 2 heterocycles. The second-order valence-corrected chi connectivity index (χ2v) is 6.84. The number of para-hydroxylation sites is 1. The zero-order valence-electron chi connectivity index (χ0n) is 14.9. The number of hydrogen-bond donors (Lipinski definition) is 1. The molecule has 0 spiro atoms. The normalized spacial score (nSPS) is 10.6. The molecule has 2 aromatic carbocycles. The Morgan fingerprint density at radius 1 is 1.18 bits per heavy atom. The highest BCUT2D eigenvalue weighted by Crippen LogP contribution is 2.22. The van der Waals surface area contributed by atoms with Crippen LogP contribution in [0.15, 0.2) is 60.2 Å². The van der Waals surface area contributed by atoms with Crippen LogP contribution >= 0.6 is 11.3 Å². The number of benzene rings is 2. The largest absolute Gasteiger partial charge is 0.455 e. The predicted octanol–water partition coefficient (Wildman–Crippen LogP) is 3.53. The number of ether oxygens (including phenoxy) is 1. The molecule has 0 radical (unpaired) electrons. The van der Waals surface area contributed by atoms with E-state index in [1.165, 1.54) is 27.9 Å². The van der Waals surface area contributed by atoms with Crippen LogP contribution in [0.3, 0.4) is 0 Å². The van der Waals surface area contributed by atoms with Crippen molar-refractivity contribution in [1.29, 1.82) is 0 Å². The lowest BCUT2D eigenvalue weighted by Crippen LogP contribution is -2.10. The van der Waals surface area contributed by atoms with Crippen molar-refractivity contribution in [2.45, 2.75) is 13.5 Å². The number of aromatic nitrogens is 5. The average molecular weight is 392 g/mol. The highest BCUT2D eigenvalue weighted by molar-refractivity contribution is 7.13. The maximum atomic E-state index is 12.5. The Labute approximate surface area is 164 Å². The average Bonchev–Trinajstić information content (AvgIpc) is 3.40. The smallest absolute Gasteiger partial charge is 0.340 e. The summed E-state index contributed by atoms with van der Waals surface area (Å²) in [5.41, 5.74) is 3.76. The number of nitrogens with zero attached hydrogens (tertiary/aromatic N) is 5. The van der Waals surface area contributed by atoms with Gasteiger partial charge in [-0.1, -0.05) is 29.8 Å². The molecule has 4 rings (SSSR count). The molecule has 0 fully saturated rings. The van der Waals surface area contributed by atoms with Crippen molar-refractivity contribution in [3.8, 4) is 5.69 Å². The van der Waals surface area contributed by atoms with E-state index in [2.05, 4.69) is 25.8 Å². The first-order valence-electron chi connectivity index (χ1n) is 8.46. The molecule has 2 aromatic heterocycles. The van der Waals surface area contributed by atoms with Crippen LogP contribution in [0.5, 0.6) is 0 Å². The Balaban J connectivity index is 1.41. The standard InChI is InChI=1S/C19H16N6O2S/c1-13-6-8-14(9-7-13)21-19-22-15(11-28-19)10-27-18(26)16-4-2-3-5-17(16)25-12-20-23-24-25/h2-9,11-12H,10H2,1H3,(H,21,22). The summed E-state index contributed by atoms with van der Waals surface area (Å²) in [6.45, 7) is 2.12. The van der Waals surface area contributed by atoms with Gasteiger partial charge in [0.2, 0.25) is 0 Å². The summed E-state index contributed by atoms with van der Waals surface area (Å²) in [6.07, 6.45) is 1.43. The first kappa shape index (κ1) is 17.8. The minimum Gasteiger partial charge on any atom is -0.455 e. The molecule has 4 aromatic rings. The maximum Gasteiger partial charge on any atom is 0.340 e. The molecule has 28 heavy (non-hydrogen) atoms. The van der Waals surface area contributed by atoms with Gasteiger partial charge >= 0.3 is 5.97 Å². The predicted molar refractivity (Wildman–Crippen MR) is 105 cm³/mol. The van der Waals surface area contributed by atoms with Crippen LogP contribution in [0.4, 0.5) is 10.8 Å². The third-order valence-corrected chi connectivity index (χ3v) is 4.73. The Morgan fingerprint density at radius 3 is 2.79 bits per heavy atom. The number of hydrogen-bond acceptors (Lipinski definition) is 8. The number of rotatable bonds is 6. The first-order chi connectivity index (χ1) is 13.7. The molecule has 0 saturated heterocycles. The van der Waals surface area contributed by atoms with Gasteiger partial charge in [0.25, 0.3) is 0 Å². The molecular weight excluding hydrogens is 376 g/mol. The van der Waals surface area contributed by atoms with Crippen LogP contribution < -0.4 is 5.32 Å². The number of aryl methyl sites for hydroxylation is 1.